The molecule has 4 aromatic carbocycles. The Hall–Kier alpha value is -3.50. The third kappa shape index (κ3) is 5.47. The fourth-order valence-corrected chi connectivity index (χ4v) is 3.75. The first-order chi connectivity index (χ1) is 15.9. The van der Waals surface area contributed by atoms with Crippen molar-refractivity contribution in [1.29, 1.82) is 0 Å². The highest BCUT2D eigenvalue weighted by Crippen LogP contribution is 2.27. The van der Waals surface area contributed by atoms with E-state index in [1.807, 2.05) is 6.07 Å². The van der Waals surface area contributed by atoms with Crippen molar-refractivity contribution in [1.82, 2.24) is 0 Å². The molecule has 0 aliphatic heterocycles. The first-order valence-electron chi connectivity index (χ1n) is 10.5. The maximum Gasteiger partial charge on any atom is 0.343 e. The van der Waals surface area contributed by atoms with Crippen molar-refractivity contribution in [2.75, 3.05) is 0 Å². The number of benzene rings is 4. The van der Waals surface area contributed by atoms with Gasteiger partial charge in [0.2, 0.25) is 0 Å². The fourth-order valence-electron chi connectivity index (χ4n) is 3.64. The van der Waals surface area contributed by atoms with Gasteiger partial charge in [-0.2, -0.15) is 0 Å². The molecule has 0 spiro atoms. The van der Waals surface area contributed by atoms with Crippen LogP contribution >= 0.6 is 11.6 Å². The van der Waals surface area contributed by atoms with Gasteiger partial charge in [0.15, 0.2) is 0 Å². The van der Waals surface area contributed by atoms with E-state index in [9.17, 15) is 13.6 Å². The molecule has 0 radical (unpaired) electrons. The summed E-state index contributed by atoms with van der Waals surface area (Å²) in [5.74, 6) is -2.52. The summed E-state index contributed by atoms with van der Waals surface area (Å²) in [6.07, 6.45) is 0.945. The average Bonchev–Trinajstić information content (AvgIpc) is 2.83. The van der Waals surface area contributed by atoms with Gasteiger partial charge in [-0.1, -0.05) is 85.3 Å². The molecule has 0 saturated heterocycles. The summed E-state index contributed by atoms with van der Waals surface area (Å²) in [4.78, 5) is 12.3. The van der Waals surface area contributed by atoms with Crippen LogP contribution in [-0.4, -0.2) is 5.97 Å². The highest BCUT2D eigenvalue weighted by atomic mass is 35.5. The molecule has 33 heavy (non-hydrogen) atoms. The van der Waals surface area contributed by atoms with E-state index in [0.717, 1.165) is 29.7 Å². The standard InChI is InChI=1S/C28H21ClF2O2/c1-18(20-5-3-2-4-6-20)15-19-7-9-21(10-8-19)22-11-13-23(14-12-22)28(32)33-24-16-25(30)27(29)26(31)17-24/h2-14,16-18H,15H2,1H3. The van der Waals surface area contributed by atoms with Gasteiger partial charge >= 0.3 is 5.97 Å². The summed E-state index contributed by atoms with van der Waals surface area (Å²) in [6.45, 7) is 2.22. The smallest absolute Gasteiger partial charge is 0.343 e. The van der Waals surface area contributed by atoms with E-state index in [1.54, 1.807) is 24.3 Å². The van der Waals surface area contributed by atoms with Crippen LogP contribution < -0.4 is 4.74 Å². The molecule has 0 N–H and O–H groups in total. The average molecular weight is 463 g/mol. The molecule has 0 aromatic heterocycles. The van der Waals surface area contributed by atoms with Crippen LogP contribution in [0.15, 0.2) is 91.0 Å². The van der Waals surface area contributed by atoms with Gasteiger partial charge in [-0.25, -0.2) is 13.6 Å². The maximum absolute atomic E-state index is 13.6. The van der Waals surface area contributed by atoms with Crippen LogP contribution in [-0.2, 0) is 6.42 Å². The van der Waals surface area contributed by atoms with Crippen LogP contribution in [0.1, 0.15) is 34.3 Å². The van der Waals surface area contributed by atoms with Crippen molar-refractivity contribution in [3.8, 4) is 16.9 Å². The molecule has 4 aromatic rings. The third-order valence-corrected chi connectivity index (χ3v) is 5.85. The summed E-state index contributed by atoms with van der Waals surface area (Å²) in [7, 11) is 0. The number of esters is 1. The zero-order chi connectivity index (χ0) is 23.4. The van der Waals surface area contributed by atoms with E-state index < -0.39 is 22.6 Å². The van der Waals surface area contributed by atoms with Crippen LogP contribution in [0.25, 0.3) is 11.1 Å². The Labute approximate surface area is 196 Å². The predicted molar refractivity (Wildman–Crippen MR) is 127 cm³/mol. The topological polar surface area (TPSA) is 26.3 Å². The van der Waals surface area contributed by atoms with Crippen LogP contribution in [0.4, 0.5) is 8.78 Å². The summed E-state index contributed by atoms with van der Waals surface area (Å²) in [5.41, 5.74) is 4.79. The van der Waals surface area contributed by atoms with Gasteiger partial charge in [-0.3, -0.25) is 0 Å². The fraction of sp³-hybridized carbons (Fsp3) is 0.107. The van der Waals surface area contributed by atoms with Crippen molar-refractivity contribution >= 4 is 17.6 Å². The summed E-state index contributed by atoms with van der Waals surface area (Å²) < 4.78 is 32.2. The molecule has 0 bridgehead atoms. The predicted octanol–water partition coefficient (Wildman–Crippen LogP) is 7.85. The zero-order valence-electron chi connectivity index (χ0n) is 17.9. The highest BCUT2D eigenvalue weighted by Gasteiger charge is 2.14. The highest BCUT2D eigenvalue weighted by molar-refractivity contribution is 6.30. The van der Waals surface area contributed by atoms with Gasteiger partial charge in [0.1, 0.15) is 22.4 Å². The first kappa shape index (κ1) is 22.7. The molecule has 0 saturated carbocycles. The van der Waals surface area contributed by atoms with Crippen molar-refractivity contribution in [3.63, 3.8) is 0 Å². The largest absolute Gasteiger partial charge is 0.423 e. The minimum absolute atomic E-state index is 0.246. The minimum Gasteiger partial charge on any atom is -0.423 e. The lowest BCUT2D eigenvalue weighted by atomic mass is 9.93. The number of carbonyl (C=O) groups excluding carboxylic acids is 1. The number of halogens is 3. The Morgan fingerprint density at radius 2 is 1.39 bits per heavy atom. The second kappa shape index (κ2) is 9.97. The molecule has 4 rings (SSSR count). The van der Waals surface area contributed by atoms with E-state index in [1.165, 1.54) is 11.1 Å². The molecule has 1 unspecified atom stereocenters. The lowest BCUT2D eigenvalue weighted by molar-refractivity contribution is 0.0734. The third-order valence-electron chi connectivity index (χ3n) is 5.49. The quantitative estimate of drug-likeness (QED) is 0.166. The van der Waals surface area contributed by atoms with Gasteiger partial charge < -0.3 is 4.74 Å². The number of ether oxygens (including phenoxy) is 1. The van der Waals surface area contributed by atoms with Crippen molar-refractivity contribution in [3.05, 3.63) is 124 Å². The molecular weight excluding hydrogens is 442 g/mol. The monoisotopic (exact) mass is 462 g/mol. The van der Waals surface area contributed by atoms with E-state index >= 15 is 0 Å². The molecule has 0 heterocycles. The van der Waals surface area contributed by atoms with E-state index in [-0.39, 0.29) is 11.3 Å². The molecule has 166 valence electrons. The zero-order valence-corrected chi connectivity index (χ0v) is 18.7. The van der Waals surface area contributed by atoms with Crippen LogP contribution in [0.5, 0.6) is 5.75 Å². The normalized spacial score (nSPS) is 11.8. The lowest BCUT2D eigenvalue weighted by Gasteiger charge is -2.12. The Balaban J connectivity index is 1.42. The van der Waals surface area contributed by atoms with Crippen LogP contribution in [0.2, 0.25) is 5.02 Å². The summed E-state index contributed by atoms with van der Waals surface area (Å²) in [5, 5.41) is -0.639. The maximum atomic E-state index is 13.6. The van der Waals surface area contributed by atoms with Crippen LogP contribution in [0.3, 0.4) is 0 Å². The Morgan fingerprint density at radius 1 is 0.848 bits per heavy atom. The van der Waals surface area contributed by atoms with E-state index in [0.29, 0.717) is 5.92 Å². The molecule has 1 atom stereocenters. The summed E-state index contributed by atoms with van der Waals surface area (Å²) in [6, 6.07) is 27.3. The Kier molecular flexibility index (Phi) is 6.85. The molecule has 0 fully saturated rings. The number of carbonyl (C=O) groups is 1. The van der Waals surface area contributed by atoms with Gasteiger partial charge in [-0.05, 0) is 46.7 Å². The van der Waals surface area contributed by atoms with E-state index in [4.69, 9.17) is 16.3 Å². The second-order valence-electron chi connectivity index (χ2n) is 7.88. The second-order valence-corrected chi connectivity index (χ2v) is 8.26. The van der Waals surface area contributed by atoms with Gasteiger partial charge in [-0.15, -0.1) is 0 Å². The van der Waals surface area contributed by atoms with Crippen molar-refractivity contribution in [2.45, 2.75) is 19.3 Å². The molecule has 2 nitrogen and oxygen atoms in total. The first-order valence-corrected chi connectivity index (χ1v) is 10.9. The lowest BCUT2D eigenvalue weighted by Crippen LogP contribution is -2.08. The Bertz CT molecular complexity index is 1230. The number of hydrogen-bond donors (Lipinski definition) is 0. The minimum atomic E-state index is -0.989. The molecule has 0 amide bonds. The molecule has 0 aliphatic rings. The SMILES string of the molecule is CC(Cc1ccc(-c2ccc(C(=O)Oc3cc(F)c(Cl)c(F)c3)cc2)cc1)c1ccccc1. The van der Waals surface area contributed by atoms with Gasteiger partial charge in [0, 0.05) is 12.1 Å². The summed E-state index contributed by atoms with van der Waals surface area (Å²) >= 11 is 5.45. The van der Waals surface area contributed by atoms with Crippen molar-refractivity contribution < 1.29 is 18.3 Å². The molecule has 0 aliphatic carbocycles. The van der Waals surface area contributed by atoms with E-state index in [2.05, 4.69) is 55.5 Å². The number of hydrogen-bond acceptors (Lipinski definition) is 2. The molecular formula is C28H21ClF2O2. The van der Waals surface area contributed by atoms with Gasteiger partial charge in [0.05, 0.1) is 5.56 Å². The van der Waals surface area contributed by atoms with Gasteiger partial charge in [0.25, 0.3) is 0 Å². The van der Waals surface area contributed by atoms with Crippen LogP contribution in [0, 0.1) is 11.6 Å². The van der Waals surface area contributed by atoms with Crippen molar-refractivity contribution in [2.24, 2.45) is 0 Å². The number of rotatable bonds is 6. The Morgan fingerprint density at radius 3 is 1.97 bits per heavy atom. The molecule has 5 heteroatoms.